The first-order valence-corrected chi connectivity index (χ1v) is 7.82. The maximum Gasteiger partial charge on any atom is 0.462 e. The summed E-state index contributed by atoms with van der Waals surface area (Å²) in [7, 11) is 0. The Morgan fingerprint density at radius 2 is 0.462 bits per heavy atom. The van der Waals surface area contributed by atoms with Crippen molar-refractivity contribution in [3.63, 3.8) is 0 Å². The molecular weight excluding hydrogens is 654 g/mol. The molecule has 0 spiro atoms. The van der Waals surface area contributed by atoms with Gasteiger partial charge in [-0.25, -0.2) is 0 Å². The Morgan fingerprint density at radius 1 is 0.231 bits per heavy atom. The Hall–Kier alpha value is -1.86. The lowest BCUT2D eigenvalue weighted by Gasteiger charge is -2.45. The third-order valence-corrected chi connectivity index (χ3v) is 4.09. The highest BCUT2D eigenvalue weighted by Gasteiger charge is 2.98. The van der Waals surface area contributed by atoms with Gasteiger partial charge in [-0.05, 0) is 0 Å². The van der Waals surface area contributed by atoms with Crippen LogP contribution in [-0.2, 0) is 4.74 Å². The maximum atomic E-state index is 13.8. The van der Waals surface area contributed by atoms with E-state index in [0.717, 1.165) is 4.74 Å². The van der Waals surface area contributed by atoms with Gasteiger partial charge in [-0.1, -0.05) is 0 Å². The number of alkyl halides is 26. The molecule has 0 bridgehead atoms. The first-order chi connectivity index (χ1) is 16.2. The third kappa shape index (κ3) is 4.75. The summed E-state index contributed by atoms with van der Waals surface area (Å²) in [5.41, 5.74) is 0. The smallest absolute Gasteiger partial charge is 0.264 e. The summed E-state index contributed by atoms with van der Waals surface area (Å²) in [5.74, 6) is -73.6. The van der Waals surface area contributed by atoms with Gasteiger partial charge in [0, 0.05) is 0 Å². The molecule has 1 nitrogen and oxygen atoms in total. The van der Waals surface area contributed by atoms with Crippen LogP contribution in [0.2, 0.25) is 0 Å². The van der Waals surface area contributed by atoms with E-state index in [9.17, 15) is 114 Å². The fraction of sp³-hybridized carbons (Fsp3) is 1.00. The molecule has 0 saturated carbocycles. The molecule has 0 rings (SSSR count). The Kier molecular flexibility index (Phi) is 8.40. The van der Waals surface area contributed by atoms with Crippen LogP contribution in [0.15, 0.2) is 0 Å². The second-order valence-corrected chi connectivity index (χ2v) is 6.73. The van der Waals surface area contributed by atoms with E-state index in [0.29, 0.717) is 0 Å². The number of rotatable bonds is 9. The first-order valence-electron chi connectivity index (χ1n) is 7.82. The molecule has 0 saturated heterocycles. The van der Waals surface area contributed by atoms with Gasteiger partial charge < -0.3 is 0 Å². The van der Waals surface area contributed by atoms with Crippen LogP contribution >= 0.6 is 0 Å². The van der Waals surface area contributed by atoms with E-state index in [4.69, 9.17) is 0 Å². The molecule has 0 aromatic rings. The van der Waals surface area contributed by atoms with E-state index >= 15 is 0 Å². The zero-order chi connectivity index (χ0) is 32.7. The summed E-state index contributed by atoms with van der Waals surface area (Å²) in [4.78, 5) is 0. The summed E-state index contributed by atoms with van der Waals surface area (Å²) in [5, 5.41) is 0. The van der Waals surface area contributed by atoms with Gasteiger partial charge >= 0.3 is 72.0 Å². The van der Waals surface area contributed by atoms with E-state index in [2.05, 4.69) is 0 Å². The standard InChI is InChI=1S/C12F26O/c13-1(14,2(15,16)4(19,20)6(23,24)9(28,29)30)3(17,18)5(21,22)8(27,11(34,35)36)39-12(37,38)7(25,26)10(31,32)33. The highest BCUT2D eigenvalue weighted by Crippen LogP contribution is 2.66. The van der Waals surface area contributed by atoms with Crippen molar-refractivity contribution >= 4 is 0 Å². The van der Waals surface area contributed by atoms with E-state index in [-0.39, 0.29) is 0 Å². The zero-order valence-corrected chi connectivity index (χ0v) is 16.2. The van der Waals surface area contributed by atoms with E-state index in [1.807, 2.05) is 0 Å². The van der Waals surface area contributed by atoms with Crippen molar-refractivity contribution in [3.05, 3.63) is 0 Å². The predicted octanol–water partition coefficient (Wildman–Crippen LogP) is 8.40. The van der Waals surface area contributed by atoms with Crippen molar-refractivity contribution in [3.8, 4) is 0 Å². The minimum Gasteiger partial charge on any atom is -0.264 e. The van der Waals surface area contributed by atoms with Crippen LogP contribution in [0.25, 0.3) is 0 Å². The SMILES string of the molecule is FC(F)(F)C(F)(F)C(F)(F)OC(F)(C(F)(F)F)C(F)(F)C(F)(F)C(F)(F)C(F)(F)C(F)(F)C(F)(F)C(F)(F)F. The molecule has 0 aromatic heterocycles. The number of hydrogen-bond acceptors (Lipinski definition) is 1. The summed E-state index contributed by atoms with van der Waals surface area (Å²) in [6, 6.07) is 0. The lowest BCUT2D eigenvalue weighted by molar-refractivity contribution is -0.534. The zero-order valence-electron chi connectivity index (χ0n) is 16.2. The summed E-state index contributed by atoms with van der Waals surface area (Å²) >= 11 is 0. The van der Waals surface area contributed by atoms with Crippen LogP contribution in [0.4, 0.5) is 114 Å². The monoisotopic (exact) mass is 654 g/mol. The van der Waals surface area contributed by atoms with E-state index < -0.39 is 72.0 Å². The minimum absolute atomic E-state index is 0.728. The molecule has 1 unspecified atom stereocenters. The first kappa shape index (κ1) is 37.1. The van der Waals surface area contributed by atoms with Crippen molar-refractivity contribution < 1.29 is 119 Å². The Morgan fingerprint density at radius 3 is 0.692 bits per heavy atom. The van der Waals surface area contributed by atoms with E-state index in [1.54, 1.807) is 0 Å². The average molecular weight is 654 g/mol. The van der Waals surface area contributed by atoms with Crippen molar-refractivity contribution in [2.75, 3.05) is 0 Å². The predicted molar refractivity (Wildman–Crippen MR) is 62.7 cm³/mol. The Bertz CT molecular complexity index is 884. The average Bonchev–Trinajstić information content (AvgIpc) is 2.63. The molecule has 0 radical (unpaired) electrons. The molecule has 1 atom stereocenters. The van der Waals surface area contributed by atoms with Gasteiger partial charge in [0.2, 0.25) is 0 Å². The fourth-order valence-electron chi connectivity index (χ4n) is 1.87. The summed E-state index contributed by atoms with van der Waals surface area (Å²) in [6.45, 7) is 0. The molecule has 39 heavy (non-hydrogen) atoms. The van der Waals surface area contributed by atoms with Crippen LogP contribution in [0.5, 0.6) is 0 Å². The highest BCUT2D eigenvalue weighted by molar-refractivity contribution is 5.16. The molecule has 0 N–H and O–H groups in total. The van der Waals surface area contributed by atoms with Crippen molar-refractivity contribution in [1.82, 2.24) is 0 Å². The Labute approximate surface area is 192 Å². The van der Waals surface area contributed by atoms with Gasteiger partial charge in [0.25, 0.3) is 0 Å². The van der Waals surface area contributed by atoms with Crippen LogP contribution in [0.3, 0.4) is 0 Å². The molecule has 27 heteroatoms. The molecule has 0 amide bonds. The normalized spacial score (nSPS) is 18.3. The molecule has 0 aromatic carbocycles. The molecular formula is C12F26O. The van der Waals surface area contributed by atoms with Crippen LogP contribution in [0, 0.1) is 0 Å². The van der Waals surface area contributed by atoms with Crippen LogP contribution in [0.1, 0.15) is 0 Å². The highest BCUT2D eigenvalue weighted by atomic mass is 19.4. The van der Waals surface area contributed by atoms with Gasteiger partial charge in [-0.15, -0.1) is 0 Å². The molecule has 0 aliphatic heterocycles. The van der Waals surface area contributed by atoms with Gasteiger partial charge in [0.15, 0.2) is 0 Å². The lowest BCUT2D eigenvalue weighted by Crippen LogP contribution is -2.77. The fourth-order valence-corrected chi connectivity index (χ4v) is 1.87. The van der Waals surface area contributed by atoms with Gasteiger partial charge in [-0.2, -0.15) is 114 Å². The summed E-state index contributed by atoms with van der Waals surface area (Å²) in [6.07, 6.45) is -33.5. The van der Waals surface area contributed by atoms with Crippen molar-refractivity contribution in [1.29, 1.82) is 0 Å². The minimum atomic E-state index is -9.64. The second kappa shape index (κ2) is 8.82. The molecule has 0 aliphatic rings. The Balaban J connectivity index is 7.40. The van der Waals surface area contributed by atoms with Gasteiger partial charge in [-0.3, -0.25) is 4.74 Å². The molecule has 236 valence electrons. The van der Waals surface area contributed by atoms with Crippen molar-refractivity contribution in [2.24, 2.45) is 0 Å². The van der Waals surface area contributed by atoms with Crippen LogP contribution in [-0.4, -0.2) is 72.0 Å². The van der Waals surface area contributed by atoms with Gasteiger partial charge in [0.05, 0.1) is 0 Å². The molecule has 0 heterocycles. The topological polar surface area (TPSA) is 9.23 Å². The second-order valence-electron chi connectivity index (χ2n) is 6.73. The van der Waals surface area contributed by atoms with E-state index in [1.165, 1.54) is 0 Å². The maximum absolute atomic E-state index is 13.8. The van der Waals surface area contributed by atoms with Crippen LogP contribution < -0.4 is 0 Å². The molecule has 0 aliphatic carbocycles. The number of ether oxygens (including phenoxy) is 1. The third-order valence-electron chi connectivity index (χ3n) is 4.09. The number of hydrogen-bond donors (Lipinski definition) is 0. The largest absolute Gasteiger partial charge is 0.462 e. The molecule has 0 fully saturated rings. The van der Waals surface area contributed by atoms with Crippen molar-refractivity contribution in [2.45, 2.75) is 72.0 Å². The lowest BCUT2D eigenvalue weighted by atomic mass is 9.88. The summed E-state index contributed by atoms with van der Waals surface area (Å²) < 4.78 is 334. The number of halogens is 26. The quantitative estimate of drug-likeness (QED) is 0.227. The van der Waals surface area contributed by atoms with Gasteiger partial charge in [0.1, 0.15) is 0 Å².